The highest BCUT2D eigenvalue weighted by Gasteiger charge is 2.48. The van der Waals surface area contributed by atoms with Crippen LogP contribution in [0.4, 0.5) is 14.5 Å². The molecule has 3 aromatic rings. The Morgan fingerprint density at radius 1 is 0.821 bits per heavy atom. The van der Waals surface area contributed by atoms with Crippen molar-refractivity contribution in [2.45, 2.75) is 63.5 Å². The average Bonchev–Trinajstić information content (AvgIpc) is 2.95. The van der Waals surface area contributed by atoms with E-state index in [9.17, 15) is 18.7 Å². The van der Waals surface area contributed by atoms with E-state index >= 15 is 0 Å². The highest BCUT2D eigenvalue weighted by Crippen LogP contribution is 2.46. The van der Waals surface area contributed by atoms with Gasteiger partial charge in [-0.05, 0) is 89.8 Å². The molecule has 1 aliphatic heterocycles. The van der Waals surface area contributed by atoms with E-state index in [0.717, 1.165) is 17.7 Å². The Kier molecular flexibility index (Phi) is 11.1. The number of hydrogen-bond acceptors (Lipinski definition) is 3. The number of benzene rings is 3. The summed E-state index contributed by atoms with van der Waals surface area (Å²) >= 11 is 2.42. The van der Waals surface area contributed by atoms with Gasteiger partial charge in [0.25, 0.3) is 0 Å². The zero-order valence-corrected chi connectivity index (χ0v) is 24.2. The molecule has 208 valence electrons. The quantitative estimate of drug-likeness (QED) is 0.0781. The maximum absolute atomic E-state index is 13.6. The van der Waals surface area contributed by atoms with E-state index < -0.39 is 6.10 Å². The van der Waals surface area contributed by atoms with Crippen molar-refractivity contribution >= 4 is 34.2 Å². The summed E-state index contributed by atoms with van der Waals surface area (Å²) < 4.78 is 34.0. The largest absolute Gasteiger partial charge is 0.494 e. The van der Waals surface area contributed by atoms with E-state index in [4.69, 9.17) is 4.74 Å². The molecule has 0 saturated carbocycles. The van der Waals surface area contributed by atoms with E-state index in [1.807, 2.05) is 24.3 Å². The molecule has 3 aromatic carbocycles. The summed E-state index contributed by atoms with van der Waals surface area (Å²) in [5.41, 5.74) is 2.22. The molecule has 3 unspecified atom stereocenters. The van der Waals surface area contributed by atoms with Gasteiger partial charge in [-0.2, -0.15) is 0 Å². The second kappa shape index (κ2) is 14.7. The second-order valence-electron chi connectivity index (χ2n) is 10.1. The number of hydrogen-bond donors (Lipinski definition) is 1. The number of rotatable bonds is 15. The minimum atomic E-state index is -0.791. The topological polar surface area (TPSA) is 49.8 Å². The number of halogens is 3. The van der Waals surface area contributed by atoms with Gasteiger partial charge in [0.15, 0.2) is 0 Å². The fraction of sp³-hybridized carbons (Fsp3) is 0.406. The Hall–Kier alpha value is -2.52. The van der Waals surface area contributed by atoms with Crippen LogP contribution in [0.5, 0.6) is 5.75 Å². The fourth-order valence-electron chi connectivity index (χ4n) is 5.14. The molecule has 1 heterocycles. The van der Waals surface area contributed by atoms with Crippen LogP contribution in [0.25, 0.3) is 0 Å². The smallest absolute Gasteiger partial charge is 0.233 e. The molecule has 0 spiro atoms. The SMILES string of the molecule is O=C1C(CCC(O)c2ccc(F)cc2)C(c2ccc(OCCCCCCCCI)cc2)N1c1ccc(F)cc1. The molecule has 1 amide bonds. The van der Waals surface area contributed by atoms with Crippen LogP contribution < -0.4 is 9.64 Å². The van der Waals surface area contributed by atoms with Gasteiger partial charge in [0.2, 0.25) is 5.91 Å². The fourth-order valence-corrected chi connectivity index (χ4v) is 5.68. The van der Waals surface area contributed by atoms with Crippen LogP contribution in [0.1, 0.15) is 74.6 Å². The summed E-state index contributed by atoms with van der Waals surface area (Å²) in [5, 5.41) is 10.6. The average molecular weight is 648 g/mol. The first-order valence-corrected chi connectivity index (χ1v) is 15.3. The van der Waals surface area contributed by atoms with Crippen molar-refractivity contribution in [2.75, 3.05) is 15.9 Å². The third kappa shape index (κ3) is 8.01. The van der Waals surface area contributed by atoms with Crippen molar-refractivity contribution in [3.8, 4) is 5.75 Å². The number of unbranched alkanes of at least 4 members (excludes halogenated alkanes) is 5. The standard InChI is InChI=1S/C32H36F2INO3/c33-25-11-7-23(8-12-25)30(37)20-19-29-31(36(32(29)38)27-15-13-26(34)14-16-27)24-9-17-28(18-10-24)39-22-6-4-2-1-3-5-21-35/h7-18,29-31,37H,1-6,19-22H2. The normalized spacial score (nSPS) is 17.6. The van der Waals surface area contributed by atoms with E-state index in [-0.39, 0.29) is 29.5 Å². The summed E-state index contributed by atoms with van der Waals surface area (Å²) in [4.78, 5) is 14.9. The minimum absolute atomic E-state index is 0.0586. The summed E-state index contributed by atoms with van der Waals surface area (Å²) in [6.45, 7) is 0.680. The van der Waals surface area contributed by atoms with Gasteiger partial charge in [-0.25, -0.2) is 8.78 Å². The van der Waals surface area contributed by atoms with E-state index in [0.29, 0.717) is 30.7 Å². The van der Waals surface area contributed by atoms with E-state index in [1.165, 1.54) is 60.8 Å². The van der Waals surface area contributed by atoms with Crippen LogP contribution >= 0.6 is 22.6 Å². The van der Waals surface area contributed by atoms with Crippen LogP contribution in [0.15, 0.2) is 72.8 Å². The summed E-state index contributed by atoms with van der Waals surface area (Å²) in [5.74, 6) is -0.305. The molecule has 1 aliphatic rings. The lowest BCUT2D eigenvalue weighted by Gasteiger charge is -2.48. The maximum atomic E-state index is 13.6. The Morgan fingerprint density at radius 2 is 1.41 bits per heavy atom. The first-order chi connectivity index (χ1) is 19.0. The number of carbonyl (C=O) groups is 1. The van der Waals surface area contributed by atoms with Gasteiger partial charge in [-0.1, -0.05) is 72.5 Å². The molecule has 1 fully saturated rings. The number of β-lactam (4-membered cyclic amide) rings is 1. The molecule has 39 heavy (non-hydrogen) atoms. The Morgan fingerprint density at radius 3 is 2.05 bits per heavy atom. The molecule has 0 bridgehead atoms. The van der Waals surface area contributed by atoms with E-state index in [1.54, 1.807) is 29.2 Å². The molecule has 7 heteroatoms. The van der Waals surface area contributed by atoms with Crippen molar-refractivity contribution in [3.63, 3.8) is 0 Å². The number of ether oxygens (including phenoxy) is 1. The third-order valence-electron chi connectivity index (χ3n) is 7.34. The Balaban J connectivity index is 1.38. The van der Waals surface area contributed by atoms with Crippen LogP contribution in [-0.4, -0.2) is 22.0 Å². The van der Waals surface area contributed by atoms with Crippen molar-refractivity contribution in [1.82, 2.24) is 0 Å². The van der Waals surface area contributed by atoms with Crippen LogP contribution in [0.3, 0.4) is 0 Å². The number of nitrogens with zero attached hydrogens (tertiary/aromatic N) is 1. The molecule has 4 nitrogen and oxygen atoms in total. The molecule has 1 saturated heterocycles. The van der Waals surface area contributed by atoms with Gasteiger partial charge >= 0.3 is 0 Å². The van der Waals surface area contributed by atoms with Gasteiger partial charge in [0.05, 0.1) is 24.7 Å². The minimum Gasteiger partial charge on any atom is -0.494 e. The summed E-state index contributed by atoms with van der Waals surface area (Å²) in [6.07, 6.45) is 7.36. The summed E-state index contributed by atoms with van der Waals surface area (Å²) in [7, 11) is 0. The molecule has 3 atom stereocenters. The Labute approximate surface area is 243 Å². The number of alkyl halides is 1. The molecular formula is C32H36F2INO3. The van der Waals surface area contributed by atoms with E-state index in [2.05, 4.69) is 22.6 Å². The number of anilines is 1. The molecule has 0 aromatic heterocycles. The molecule has 4 rings (SSSR count). The summed E-state index contributed by atoms with van der Waals surface area (Å²) in [6, 6.07) is 19.3. The predicted octanol–water partition coefficient (Wildman–Crippen LogP) is 8.34. The first-order valence-electron chi connectivity index (χ1n) is 13.8. The second-order valence-corrected chi connectivity index (χ2v) is 11.2. The lowest BCUT2D eigenvalue weighted by Crippen LogP contribution is -2.55. The van der Waals surface area contributed by atoms with Crippen LogP contribution in [0, 0.1) is 17.6 Å². The van der Waals surface area contributed by atoms with Gasteiger partial charge < -0.3 is 14.7 Å². The van der Waals surface area contributed by atoms with Crippen LogP contribution in [0.2, 0.25) is 0 Å². The predicted molar refractivity (Wildman–Crippen MR) is 159 cm³/mol. The van der Waals surface area contributed by atoms with Gasteiger partial charge in [-0.15, -0.1) is 0 Å². The first kappa shape index (κ1) is 29.5. The zero-order valence-electron chi connectivity index (χ0n) is 22.1. The number of carbonyl (C=O) groups excluding carboxylic acids is 1. The zero-order chi connectivity index (χ0) is 27.6. The van der Waals surface area contributed by atoms with Gasteiger partial charge in [0.1, 0.15) is 17.4 Å². The molecular weight excluding hydrogens is 611 g/mol. The van der Waals surface area contributed by atoms with Gasteiger partial charge in [-0.3, -0.25) is 4.79 Å². The lowest BCUT2D eigenvalue weighted by molar-refractivity contribution is -0.131. The van der Waals surface area contributed by atoms with Crippen molar-refractivity contribution in [2.24, 2.45) is 5.92 Å². The molecule has 0 radical (unpaired) electrons. The number of amides is 1. The highest BCUT2D eigenvalue weighted by molar-refractivity contribution is 14.1. The van der Waals surface area contributed by atoms with Crippen LogP contribution in [-0.2, 0) is 4.79 Å². The lowest BCUT2D eigenvalue weighted by atomic mass is 9.78. The van der Waals surface area contributed by atoms with Crippen molar-refractivity contribution < 1.29 is 23.4 Å². The monoisotopic (exact) mass is 647 g/mol. The molecule has 0 aliphatic carbocycles. The maximum Gasteiger partial charge on any atom is 0.233 e. The number of aliphatic hydroxyl groups is 1. The molecule has 1 N–H and O–H groups in total. The third-order valence-corrected chi connectivity index (χ3v) is 8.11. The number of aliphatic hydroxyl groups excluding tert-OH is 1. The Bertz CT molecular complexity index is 1170. The van der Waals surface area contributed by atoms with Gasteiger partial charge in [0, 0.05) is 5.69 Å². The highest BCUT2D eigenvalue weighted by atomic mass is 127. The van der Waals surface area contributed by atoms with Crippen molar-refractivity contribution in [3.05, 3.63) is 95.6 Å². The van der Waals surface area contributed by atoms with Crippen molar-refractivity contribution in [1.29, 1.82) is 0 Å².